The minimum absolute atomic E-state index is 0.222. The summed E-state index contributed by atoms with van der Waals surface area (Å²) < 4.78 is 0. The average Bonchev–Trinajstić information content (AvgIpc) is 2.64. The smallest absolute Gasteiger partial charge is 0.220 e. The van der Waals surface area contributed by atoms with Crippen LogP contribution >= 0.6 is 0 Å². The van der Waals surface area contributed by atoms with Crippen LogP contribution in [0.5, 0.6) is 0 Å². The minimum Gasteiger partial charge on any atom is -0.355 e. The summed E-state index contributed by atoms with van der Waals surface area (Å²) in [6.07, 6.45) is 12.7. The summed E-state index contributed by atoms with van der Waals surface area (Å²) in [6, 6.07) is 1.04. The van der Waals surface area contributed by atoms with Crippen molar-refractivity contribution in [2.45, 2.75) is 139 Å². The summed E-state index contributed by atoms with van der Waals surface area (Å²) in [5.74, 6) is 3.26. The highest BCUT2D eigenvalue weighted by Gasteiger charge is 2.14. The van der Waals surface area contributed by atoms with Crippen LogP contribution in [0, 0.1) is 23.7 Å². The fourth-order valence-electron chi connectivity index (χ4n) is 4.72. The van der Waals surface area contributed by atoms with E-state index in [0.717, 1.165) is 30.8 Å². The zero-order valence-corrected chi connectivity index (χ0v) is 22.8. The second-order valence-electron chi connectivity index (χ2n) is 11.5. The molecular weight excluding hydrogens is 380 g/mol. The lowest BCUT2D eigenvalue weighted by Crippen LogP contribution is -2.42. The van der Waals surface area contributed by atoms with Gasteiger partial charge in [-0.1, -0.05) is 92.4 Å². The largest absolute Gasteiger partial charge is 0.355 e. The van der Waals surface area contributed by atoms with Crippen molar-refractivity contribution in [2.75, 3.05) is 13.1 Å². The van der Waals surface area contributed by atoms with Gasteiger partial charge in [-0.25, -0.2) is 0 Å². The molecule has 0 spiro atoms. The van der Waals surface area contributed by atoms with Gasteiger partial charge in [-0.3, -0.25) is 9.69 Å². The van der Waals surface area contributed by atoms with E-state index in [9.17, 15) is 4.79 Å². The van der Waals surface area contributed by atoms with E-state index in [1.165, 1.54) is 57.8 Å². The van der Waals surface area contributed by atoms with E-state index in [-0.39, 0.29) is 5.91 Å². The summed E-state index contributed by atoms with van der Waals surface area (Å²) in [4.78, 5) is 14.7. The van der Waals surface area contributed by atoms with Crippen LogP contribution in [-0.2, 0) is 4.79 Å². The molecule has 186 valence electrons. The molecule has 0 aromatic rings. The van der Waals surface area contributed by atoms with Crippen molar-refractivity contribution < 1.29 is 4.79 Å². The number of nitrogens with one attached hydrogen (secondary N) is 1. The number of hydrogen-bond donors (Lipinski definition) is 1. The Balaban J connectivity index is 3.80. The van der Waals surface area contributed by atoms with Gasteiger partial charge in [0.15, 0.2) is 0 Å². The first-order valence-corrected chi connectivity index (χ1v) is 13.5. The first-order chi connectivity index (χ1) is 14.5. The van der Waals surface area contributed by atoms with Gasteiger partial charge in [-0.15, -0.1) is 0 Å². The number of nitrogens with zero attached hydrogens (tertiary/aromatic N) is 1. The molecule has 0 rings (SSSR count). The van der Waals surface area contributed by atoms with E-state index in [0.29, 0.717) is 24.4 Å². The Morgan fingerprint density at radius 3 is 1.48 bits per heavy atom. The summed E-state index contributed by atoms with van der Waals surface area (Å²) in [7, 11) is 0. The third kappa shape index (κ3) is 17.6. The molecule has 0 aliphatic rings. The first-order valence-electron chi connectivity index (χ1n) is 13.5. The topological polar surface area (TPSA) is 32.3 Å². The van der Waals surface area contributed by atoms with E-state index in [1.807, 2.05) is 0 Å². The Hall–Kier alpha value is -0.570. The minimum atomic E-state index is 0.222. The molecule has 3 heteroatoms. The maximum Gasteiger partial charge on any atom is 0.220 e. The number of hydrogen-bond acceptors (Lipinski definition) is 2. The van der Waals surface area contributed by atoms with E-state index in [1.54, 1.807) is 0 Å². The van der Waals surface area contributed by atoms with Gasteiger partial charge in [0.05, 0.1) is 0 Å². The van der Waals surface area contributed by atoms with Gasteiger partial charge in [0.2, 0.25) is 5.91 Å². The third-order valence-corrected chi connectivity index (χ3v) is 6.82. The standard InChI is InChI=1S/C28H58N2O/c1-22(2)13-10-14-25(7)15-11-16-26(8)17-12-18-27(9)21-28(31)29-19-20-30(23(3)4)24(5)6/h22-27H,10-21H2,1-9H3,(H,29,31). The van der Waals surface area contributed by atoms with E-state index >= 15 is 0 Å². The molecule has 1 N–H and O–H groups in total. The number of carbonyl (C=O) groups excluding carboxylic acids is 1. The van der Waals surface area contributed by atoms with Crippen molar-refractivity contribution in [3.63, 3.8) is 0 Å². The van der Waals surface area contributed by atoms with Crippen LogP contribution in [0.3, 0.4) is 0 Å². The maximum atomic E-state index is 12.3. The van der Waals surface area contributed by atoms with Crippen molar-refractivity contribution in [1.29, 1.82) is 0 Å². The molecule has 1 amide bonds. The molecule has 0 heterocycles. The molecule has 0 bridgehead atoms. The van der Waals surface area contributed by atoms with Gasteiger partial charge in [0.25, 0.3) is 0 Å². The third-order valence-electron chi connectivity index (χ3n) is 6.82. The molecule has 0 saturated carbocycles. The summed E-state index contributed by atoms with van der Waals surface area (Å²) in [6.45, 7) is 22.3. The second-order valence-corrected chi connectivity index (χ2v) is 11.5. The number of rotatable bonds is 19. The molecular formula is C28H58N2O. The first kappa shape index (κ1) is 30.4. The molecule has 3 nitrogen and oxygen atoms in total. The second kappa shape index (κ2) is 17.9. The number of amides is 1. The maximum absolute atomic E-state index is 12.3. The van der Waals surface area contributed by atoms with Crippen LogP contribution < -0.4 is 5.32 Å². The van der Waals surface area contributed by atoms with Gasteiger partial charge >= 0.3 is 0 Å². The molecule has 3 atom stereocenters. The highest BCUT2D eigenvalue weighted by Crippen LogP contribution is 2.22. The Labute approximate surface area is 196 Å². The lowest BCUT2D eigenvalue weighted by Gasteiger charge is -2.30. The summed E-state index contributed by atoms with van der Waals surface area (Å²) >= 11 is 0. The van der Waals surface area contributed by atoms with Crippen LogP contribution in [0.15, 0.2) is 0 Å². The summed E-state index contributed by atoms with van der Waals surface area (Å²) in [5.41, 5.74) is 0. The molecule has 0 aromatic carbocycles. The van der Waals surface area contributed by atoms with Crippen LogP contribution in [0.2, 0.25) is 0 Å². The molecule has 0 aromatic heterocycles. The van der Waals surface area contributed by atoms with Crippen molar-refractivity contribution in [2.24, 2.45) is 23.7 Å². The molecule has 0 aliphatic heterocycles. The van der Waals surface area contributed by atoms with Gasteiger partial charge in [0, 0.05) is 31.6 Å². The van der Waals surface area contributed by atoms with Crippen LogP contribution in [0.1, 0.15) is 127 Å². The zero-order valence-electron chi connectivity index (χ0n) is 22.8. The van der Waals surface area contributed by atoms with Gasteiger partial charge in [-0.2, -0.15) is 0 Å². The van der Waals surface area contributed by atoms with Crippen molar-refractivity contribution >= 4 is 5.91 Å². The Bertz CT molecular complexity index is 425. The Kier molecular flexibility index (Phi) is 17.6. The van der Waals surface area contributed by atoms with E-state index < -0.39 is 0 Å². The van der Waals surface area contributed by atoms with Crippen molar-refractivity contribution in [3.05, 3.63) is 0 Å². The SMILES string of the molecule is CC(C)CCCC(C)CCCC(C)CCCC(C)CC(=O)NCCN(C(C)C)C(C)C. The van der Waals surface area contributed by atoms with Gasteiger partial charge < -0.3 is 5.32 Å². The highest BCUT2D eigenvalue weighted by atomic mass is 16.1. The molecule has 31 heavy (non-hydrogen) atoms. The predicted octanol–water partition coefficient (Wildman–Crippen LogP) is 7.69. The van der Waals surface area contributed by atoms with Gasteiger partial charge in [0.1, 0.15) is 0 Å². The lowest BCUT2D eigenvalue weighted by atomic mass is 9.90. The lowest BCUT2D eigenvalue weighted by molar-refractivity contribution is -0.122. The van der Waals surface area contributed by atoms with Crippen molar-refractivity contribution in [1.82, 2.24) is 10.2 Å². The zero-order chi connectivity index (χ0) is 23.8. The van der Waals surface area contributed by atoms with E-state index in [2.05, 4.69) is 72.5 Å². The fourth-order valence-corrected chi connectivity index (χ4v) is 4.72. The fraction of sp³-hybridized carbons (Fsp3) is 0.964. The average molecular weight is 439 g/mol. The predicted molar refractivity (Wildman–Crippen MR) is 138 cm³/mol. The molecule has 0 saturated heterocycles. The Morgan fingerprint density at radius 2 is 1.06 bits per heavy atom. The van der Waals surface area contributed by atoms with Crippen LogP contribution in [0.4, 0.5) is 0 Å². The highest BCUT2D eigenvalue weighted by molar-refractivity contribution is 5.76. The monoisotopic (exact) mass is 438 g/mol. The van der Waals surface area contributed by atoms with Crippen LogP contribution in [-0.4, -0.2) is 36.0 Å². The molecule has 0 fully saturated rings. The van der Waals surface area contributed by atoms with Crippen LogP contribution in [0.25, 0.3) is 0 Å². The molecule has 0 aliphatic carbocycles. The molecule has 0 radical (unpaired) electrons. The van der Waals surface area contributed by atoms with Crippen molar-refractivity contribution in [3.8, 4) is 0 Å². The summed E-state index contributed by atoms with van der Waals surface area (Å²) in [5, 5.41) is 3.13. The normalized spacial score (nSPS) is 15.1. The van der Waals surface area contributed by atoms with E-state index in [4.69, 9.17) is 0 Å². The number of carbonyl (C=O) groups is 1. The molecule has 3 unspecified atom stereocenters. The quantitative estimate of drug-likeness (QED) is 0.224. The van der Waals surface area contributed by atoms with Gasteiger partial charge in [-0.05, 0) is 51.4 Å². The Morgan fingerprint density at radius 1 is 0.645 bits per heavy atom.